The second-order valence-corrected chi connectivity index (χ2v) is 5.92. The zero-order valence-corrected chi connectivity index (χ0v) is 14.9. The molecule has 0 spiro atoms. The smallest absolute Gasteiger partial charge is 0.265 e. The Labute approximate surface area is 156 Å². The Balaban J connectivity index is 1.56. The number of para-hydroxylation sites is 1. The van der Waals surface area contributed by atoms with Gasteiger partial charge < -0.3 is 19.9 Å². The summed E-state index contributed by atoms with van der Waals surface area (Å²) in [5, 5.41) is 9.11. The molecule has 0 unspecified atom stereocenters. The van der Waals surface area contributed by atoms with Crippen LogP contribution in [0.4, 0.5) is 11.5 Å². The van der Waals surface area contributed by atoms with Gasteiger partial charge in [-0.3, -0.25) is 9.59 Å². The van der Waals surface area contributed by atoms with Gasteiger partial charge in [0.1, 0.15) is 11.5 Å². The first-order valence-corrected chi connectivity index (χ1v) is 8.38. The molecule has 0 fully saturated rings. The predicted octanol–water partition coefficient (Wildman–Crippen LogP) is 3.64. The van der Waals surface area contributed by atoms with Crippen molar-refractivity contribution in [1.29, 1.82) is 0 Å². The van der Waals surface area contributed by atoms with Crippen molar-refractivity contribution < 1.29 is 18.8 Å². The molecule has 27 heavy (non-hydrogen) atoms. The van der Waals surface area contributed by atoms with Crippen molar-refractivity contribution >= 4 is 23.3 Å². The van der Waals surface area contributed by atoms with E-state index in [0.29, 0.717) is 28.6 Å². The van der Waals surface area contributed by atoms with Gasteiger partial charge in [-0.25, -0.2) is 0 Å². The standard InChI is InChI=1S/C20H19N3O4/c1-13-12-18(23-27-13)22-20(25)15-8-10-16(11-9-15)21-19(24)14(2)26-17-6-4-3-5-7-17/h3-12,14H,1-2H3,(H,21,24)(H,22,23,25)/t14-/m0/s1. The number of hydrogen-bond acceptors (Lipinski definition) is 5. The van der Waals surface area contributed by atoms with Gasteiger partial charge in [-0.2, -0.15) is 0 Å². The van der Waals surface area contributed by atoms with E-state index in [1.165, 1.54) is 0 Å². The fraction of sp³-hybridized carbons (Fsp3) is 0.150. The van der Waals surface area contributed by atoms with Gasteiger partial charge in [0.2, 0.25) is 0 Å². The maximum absolute atomic E-state index is 12.2. The van der Waals surface area contributed by atoms with Crippen molar-refractivity contribution in [2.24, 2.45) is 0 Å². The molecule has 1 heterocycles. The molecule has 2 amide bonds. The van der Waals surface area contributed by atoms with Crippen LogP contribution in [0.1, 0.15) is 23.0 Å². The van der Waals surface area contributed by atoms with Crippen LogP contribution in [0.3, 0.4) is 0 Å². The maximum atomic E-state index is 12.2. The van der Waals surface area contributed by atoms with E-state index >= 15 is 0 Å². The Morgan fingerprint density at radius 3 is 2.37 bits per heavy atom. The number of nitrogens with one attached hydrogen (secondary N) is 2. The third kappa shape index (κ3) is 4.94. The summed E-state index contributed by atoms with van der Waals surface area (Å²) >= 11 is 0. The molecular formula is C20H19N3O4. The van der Waals surface area contributed by atoms with Crippen LogP contribution in [-0.2, 0) is 4.79 Å². The van der Waals surface area contributed by atoms with Crippen LogP contribution < -0.4 is 15.4 Å². The molecule has 2 aromatic carbocycles. The molecule has 0 radical (unpaired) electrons. The molecule has 3 rings (SSSR count). The van der Waals surface area contributed by atoms with Gasteiger partial charge in [0, 0.05) is 17.3 Å². The lowest BCUT2D eigenvalue weighted by molar-refractivity contribution is -0.122. The van der Waals surface area contributed by atoms with E-state index in [-0.39, 0.29) is 11.8 Å². The highest BCUT2D eigenvalue weighted by Gasteiger charge is 2.15. The monoisotopic (exact) mass is 365 g/mol. The number of aromatic nitrogens is 1. The summed E-state index contributed by atoms with van der Waals surface area (Å²) in [4.78, 5) is 24.4. The Kier molecular flexibility index (Phi) is 5.51. The molecule has 7 heteroatoms. The lowest BCUT2D eigenvalue weighted by atomic mass is 10.2. The summed E-state index contributed by atoms with van der Waals surface area (Å²) in [6.07, 6.45) is -0.661. The molecule has 7 nitrogen and oxygen atoms in total. The van der Waals surface area contributed by atoms with Crippen LogP contribution in [0.2, 0.25) is 0 Å². The molecular weight excluding hydrogens is 346 g/mol. The number of carbonyl (C=O) groups excluding carboxylic acids is 2. The van der Waals surface area contributed by atoms with E-state index in [1.807, 2.05) is 18.2 Å². The Bertz CT molecular complexity index is 920. The number of aryl methyl sites for hydroxylation is 1. The third-order valence-electron chi connectivity index (χ3n) is 3.71. The predicted molar refractivity (Wildman–Crippen MR) is 101 cm³/mol. The molecule has 1 atom stereocenters. The summed E-state index contributed by atoms with van der Waals surface area (Å²) in [5.74, 6) is 0.975. The molecule has 0 aliphatic heterocycles. The fourth-order valence-electron chi connectivity index (χ4n) is 2.32. The van der Waals surface area contributed by atoms with Crippen molar-refractivity contribution in [2.75, 3.05) is 10.6 Å². The first-order valence-electron chi connectivity index (χ1n) is 8.38. The Morgan fingerprint density at radius 1 is 1.04 bits per heavy atom. The summed E-state index contributed by atoms with van der Waals surface area (Å²) in [7, 11) is 0. The lowest BCUT2D eigenvalue weighted by Crippen LogP contribution is -2.30. The van der Waals surface area contributed by atoms with Crippen molar-refractivity contribution in [3.8, 4) is 5.75 Å². The number of anilines is 2. The van der Waals surface area contributed by atoms with Gasteiger partial charge >= 0.3 is 0 Å². The molecule has 0 aliphatic carbocycles. The molecule has 3 aromatic rings. The fourth-order valence-corrected chi connectivity index (χ4v) is 2.32. The molecule has 0 saturated carbocycles. The first-order chi connectivity index (χ1) is 13.0. The van der Waals surface area contributed by atoms with E-state index in [1.54, 1.807) is 56.3 Å². The zero-order chi connectivity index (χ0) is 19.2. The molecule has 0 saturated heterocycles. The maximum Gasteiger partial charge on any atom is 0.265 e. The highest BCUT2D eigenvalue weighted by atomic mass is 16.5. The van der Waals surface area contributed by atoms with Gasteiger partial charge in [0.05, 0.1) is 0 Å². The van der Waals surface area contributed by atoms with Crippen LogP contribution in [0, 0.1) is 6.92 Å². The second kappa shape index (κ2) is 8.18. The van der Waals surface area contributed by atoms with Crippen molar-refractivity contribution in [2.45, 2.75) is 20.0 Å². The average Bonchev–Trinajstić information content (AvgIpc) is 3.07. The Hall–Kier alpha value is -3.61. The largest absolute Gasteiger partial charge is 0.481 e. The highest BCUT2D eigenvalue weighted by molar-refractivity contribution is 6.04. The van der Waals surface area contributed by atoms with Crippen LogP contribution >= 0.6 is 0 Å². The van der Waals surface area contributed by atoms with Gasteiger partial charge in [-0.1, -0.05) is 23.4 Å². The van der Waals surface area contributed by atoms with E-state index < -0.39 is 6.10 Å². The summed E-state index contributed by atoms with van der Waals surface area (Å²) in [6.45, 7) is 3.41. The van der Waals surface area contributed by atoms with Crippen LogP contribution in [0.25, 0.3) is 0 Å². The minimum Gasteiger partial charge on any atom is -0.481 e. The minimum absolute atomic E-state index is 0.283. The second-order valence-electron chi connectivity index (χ2n) is 5.92. The number of ether oxygens (including phenoxy) is 1. The normalized spacial score (nSPS) is 11.5. The number of amides is 2. The number of benzene rings is 2. The summed E-state index contributed by atoms with van der Waals surface area (Å²) in [5.41, 5.74) is 1.000. The minimum atomic E-state index is -0.661. The van der Waals surface area contributed by atoms with Crippen molar-refractivity contribution in [3.05, 3.63) is 72.0 Å². The molecule has 2 N–H and O–H groups in total. The van der Waals surface area contributed by atoms with Gasteiger partial charge in [0.25, 0.3) is 11.8 Å². The third-order valence-corrected chi connectivity index (χ3v) is 3.71. The van der Waals surface area contributed by atoms with E-state index in [4.69, 9.17) is 9.26 Å². The topological polar surface area (TPSA) is 93.5 Å². The van der Waals surface area contributed by atoms with E-state index in [9.17, 15) is 9.59 Å². The molecule has 0 bridgehead atoms. The molecule has 138 valence electrons. The first kappa shape index (κ1) is 18.2. The van der Waals surface area contributed by atoms with Gasteiger partial charge in [0.15, 0.2) is 11.9 Å². The lowest BCUT2D eigenvalue weighted by Gasteiger charge is -2.14. The van der Waals surface area contributed by atoms with Gasteiger partial charge in [-0.05, 0) is 50.2 Å². The number of nitrogens with zero attached hydrogens (tertiary/aromatic N) is 1. The van der Waals surface area contributed by atoms with E-state index in [2.05, 4.69) is 15.8 Å². The van der Waals surface area contributed by atoms with E-state index in [0.717, 1.165) is 0 Å². The summed E-state index contributed by atoms with van der Waals surface area (Å²) in [6, 6.07) is 17.3. The Morgan fingerprint density at radius 2 is 1.74 bits per heavy atom. The average molecular weight is 365 g/mol. The quantitative estimate of drug-likeness (QED) is 0.696. The number of carbonyl (C=O) groups is 2. The van der Waals surface area contributed by atoms with Crippen molar-refractivity contribution in [1.82, 2.24) is 5.16 Å². The number of hydrogen-bond donors (Lipinski definition) is 2. The highest BCUT2D eigenvalue weighted by Crippen LogP contribution is 2.15. The molecule has 0 aliphatic rings. The van der Waals surface area contributed by atoms with Crippen LogP contribution in [0.15, 0.2) is 65.2 Å². The van der Waals surface area contributed by atoms with Crippen LogP contribution in [-0.4, -0.2) is 23.1 Å². The van der Waals surface area contributed by atoms with Crippen molar-refractivity contribution in [3.63, 3.8) is 0 Å². The zero-order valence-electron chi connectivity index (χ0n) is 14.9. The van der Waals surface area contributed by atoms with Gasteiger partial charge in [-0.15, -0.1) is 0 Å². The van der Waals surface area contributed by atoms with Crippen LogP contribution in [0.5, 0.6) is 5.75 Å². The number of rotatable bonds is 6. The molecule has 1 aromatic heterocycles. The summed E-state index contributed by atoms with van der Waals surface area (Å²) < 4.78 is 10.5. The SMILES string of the molecule is Cc1cc(NC(=O)c2ccc(NC(=O)[C@H](C)Oc3ccccc3)cc2)no1.